The summed E-state index contributed by atoms with van der Waals surface area (Å²) in [5.74, 6) is 0. The zero-order chi connectivity index (χ0) is 11.4. The van der Waals surface area contributed by atoms with E-state index in [0.717, 1.165) is 6.54 Å². The average molecular weight is 239 g/mol. The first-order valence-electron chi connectivity index (χ1n) is 6.17. The van der Waals surface area contributed by atoms with Gasteiger partial charge in [0.15, 0.2) is 0 Å². The SMILES string of the molecule is CCCN1CCCCC1c1cccnc1Cl. The van der Waals surface area contributed by atoms with E-state index in [4.69, 9.17) is 11.6 Å². The third kappa shape index (κ3) is 2.55. The van der Waals surface area contributed by atoms with Gasteiger partial charge in [-0.15, -0.1) is 0 Å². The molecule has 0 saturated carbocycles. The Balaban J connectivity index is 2.19. The zero-order valence-corrected chi connectivity index (χ0v) is 10.6. The third-order valence-corrected chi connectivity index (χ3v) is 3.59. The van der Waals surface area contributed by atoms with Crippen LogP contribution >= 0.6 is 11.6 Å². The van der Waals surface area contributed by atoms with Gasteiger partial charge in [-0.2, -0.15) is 0 Å². The molecule has 0 aromatic carbocycles. The Hall–Kier alpha value is -0.600. The Morgan fingerprint density at radius 1 is 1.50 bits per heavy atom. The number of halogens is 1. The van der Waals surface area contributed by atoms with Gasteiger partial charge in [0, 0.05) is 17.8 Å². The van der Waals surface area contributed by atoms with E-state index < -0.39 is 0 Å². The molecule has 2 heterocycles. The number of rotatable bonds is 3. The van der Waals surface area contributed by atoms with Crippen molar-refractivity contribution in [1.82, 2.24) is 9.88 Å². The number of pyridine rings is 1. The number of piperidine rings is 1. The molecule has 1 unspecified atom stereocenters. The minimum Gasteiger partial charge on any atom is -0.296 e. The van der Waals surface area contributed by atoms with Crippen LogP contribution in [-0.4, -0.2) is 23.0 Å². The maximum Gasteiger partial charge on any atom is 0.133 e. The largest absolute Gasteiger partial charge is 0.296 e. The fourth-order valence-corrected chi connectivity index (χ4v) is 2.79. The van der Waals surface area contributed by atoms with Crippen LogP contribution in [0.5, 0.6) is 0 Å². The van der Waals surface area contributed by atoms with Crippen molar-refractivity contribution in [3.05, 3.63) is 29.0 Å². The Kier molecular flexibility index (Phi) is 4.19. The van der Waals surface area contributed by atoms with E-state index >= 15 is 0 Å². The van der Waals surface area contributed by atoms with Gasteiger partial charge in [-0.1, -0.05) is 31.0 Å². The van der Waals surface area contributed by atoms with Crippen molar-refractivity contribution in [3.8, 4) is 0 Å². The van der Waals surface area contributed by atoms with Crippen LogP contribution in [0.2, 0.25) is 5.15 Å². The smallest absolute Gasteiger partial charge is 0.133 e. The molecule has 2 rings (SSSR count). The highest BCUT2D eigenvalue weighted by atomic mass is 35.5. The molecule has 3 heteroatoms. The Morgan fingerprint density at radius 3 is 3.12 bits per heavy atom. The monoisotopic (exact) mass is 238 g/mol. The fourth-order valence-electron chi connectivity index (χ4n) is 2.55. The molecule has 1 saturated heterocycles. The van der Waals surface area contributed by atoms with Crippen LogP contribution in [0.3, 0.4) is 0 Å². The van der Waals surface area contributed by atoms with Gasteiger partial charge in [-0.25, -0.2) is 4.98 Å². The van der Waals surface area contributed by atoms with Gasteiger partial charge in [0.2, 0.25) is 0 Å². The number of nitrogens with zero attached hydrogens (tertiary/aromatic N) is 2. The summed E-state index contributed by atoms with van der Waals surface area (Å²) in [6.07, 6.45) is 6.79. The summed E-state index contributed by atoms with van der Waals surface area (Å²) >= 11 is 6.19. The Morgan fingerprint density at radius 2 is 2.38 bits per heavy atom. The molecule has 0 aliphatic carbocycles. The van der Waals surface area contributed by atoms with Crippen molar-refractivity contribution >= 4 is 11.6 Å². The van der Waals surface area contributed by atoms with E-state index in [9.17, 15) is 0 Å². The first-order chi connectivity index (χ1) is 7.83. The van der Waals surface area contributed by atoms with E-state index in [1.165, 1.54) is 37.8 Å². The molecular weight excluding hydrogens is 220 g/mol. The highest BCUT2D eigenvalue weighted by Crippen LogP contribution is 2.33. The van der Waals surface area contributed by atoms with E-state index in [0.29, 0.717) is 11.2 Å². The minimum atomic E-state index is 0.481. The molecule has 1 aliphatic rings. The highest BCUT2D eigenvalue weighted by Gasteiger charge is 2.24. The number of hydrogen-bond acceptors (Lipinski definition) is 2. The summed E-state index contributed by atoms with van der Waals surface area (Å²) in [5.41, 5.74) is 1.21. The van der Waals surface area contributed by atoms with Gasteiger partial charge >= 0.3 is 0 Å². The molecule has 0 amide bonds. The maximum absolute atomic E-state index is 6.19. The van der Waals surface area contributed by atoms with Crippen LogP contribution in [0.1, 0.15) is 44.2 Å². The van der Waals surface area contributed by atoms with Crippen LogP contribution in [0, 0.1) is 0 Å². The maximum atomic E-state index is 6.19. The van der Waals surface area contributed by atoms with Crippen LogP contribution in [0.15, 0.2) is 18.3 Å². The normalized spacial score (nSPS) is 22.2. The second kappa shape index (κ2) is 5.65. The summed E-state index contributed by atoms with van der Waals surface area (Å²) in [6.45, 7) is 4.59. The van der Waals surface area contributed by atoms with Crippen LogP contribution in [0.4, 0.5) is 0 Å². The Labute approximate surface area is 103 Å². The summed E-state index contributed by atoms with van der Waals surface area (Å²) in [7, 11) is 0. The molecule has 0 spiro atoms. The minimum absolute atomic E-state index is 0.481. The number of hydrogen-bond donors (Lipinski definition) is 0. The topological polar surface area (TPSA) is 16.1 Å². The third-order valence-electron chi connectivity index (χ3n) is 3.27. The van der Waals surface area contributed by atoms with Crippen molar-refractivity contribution in [1.29, 1.82) is 0 Å². The lowest BCUT2D eigenvalue weighted by Crippen LogP contribution is -2.34. The molecule has 1 aromatic rings. The second-order valence-electron chi connectivity index (χ2n) is 4.43. The lowest BCUT2D eigenvalue weighted by atomic mass is 9.96. The van der Waals surface area contributed by atoms with Crippen molar-refractivity contribution in [2.24, 2.45) is 0 Å². The van der Waals surface area contributed by atoms with Crippen molar-refractivity contribution in [2.75, 3.05) is 13.1 Å². The lowest BCUT2D eigenvalue weighted by Gasteiger charge is -2.36. The van der Waals surface area contributed by atoms with Crippen molar-refractivity contribution in [2.45, 2.75) is 38.6 Å². The standard InChI is InChI=1S/C13H19ClN2/c1-2-9-16-10-4-3-7-12(16)11-6-5-8-15-13(11)14/h5-6,8,12H,2-4,7,9-10H2,1H3. The van der Waals surface area contributed by atoms with Gasteiger partial charge in [-0.3, -0.25) is 4.90 Å². The molecule has 1 aliphatic heterocycles. The van der Waals surface area contributed by atoms with Crippen LogP contribution in [0.25, 0.3) is 0 Å². The molecule has 1 aromatic heterocycles. The molecule has 16 heavy (non-hydrogen) atoms. The molecule has 1 fully saturated rings. The van der Waals surface area contributed by atoms with Crippen molar-refractivity contribution < 1.29 is 0 Å². The van der Waals surface area contributed by atoms with E-state index in [-0.39, 0.29) is 0 Å². The van der Waals surface area contributed by atoms with Gasteiger partial charge in [-0.05, 0) is 38.4 Å². The van der Waals surface area contributed by atoms with Gasteiger partial charge in [0.05, 0.1) is 0 Å². The summed E-state index contributed by atoms with van der Waals surface area (Å²) in [6, 6.07) is 4.59. The van der Waals surface area contributed by atoms with Crippen LogP contribution in [-0.2, 0) is 0 Å². The predicted molar refractivity (Wildman–Crippen MR) is 67.7 cm³/mol. The highest BCUT2D eigenvalue weighted by molar-refractivity contribution is 6.30. The summed E-state index contributed by atoms with van der Waals surface area (Å²) in [4.78, 5) is 6.74. The van der Waals surface area contributed by atoms with Gasteiger partial charge in [0.25, 0.3) is 0 Å². The number of likely N-dealkylation sites (tertiary alicyclic amines) is 1. The van der Waals surface area contributed by atoms with E-state index in [1.807, 2.05) is 6.07 Å². The van der Waals surface area contributed by atoms with Crippen molar-refractivity contribution in [3.63, 3.8) is 0 Å². The predicted octanol–water partition coefficient (Wildman–Crippen LogP) is 3.67. The molecule has 2 nitrogen and oxygen atoms in total. The molecule has 88 valence electrons. The first kappa shape index (κ1) is 11.9. The average Bonchev–Trinajstić information content (AvgIpc) is 2.31. The quantitative estimate of drug-likeness (QED) is 0.747. The van der Waals surface area contributed by atoms with Crippen LogP contribution < -0.4 is 0 Å². The molecule has 1 atom stereocenters. The Bertz CT molecular complexity index is 338. The molecular formula is C13H19ClN2. The lowest BCUT2D eigenvalue weighted by molar-refractivity contribution is 0.149. The number of aromatic nitrogens is 1. The van der Waals surface area contributed by atoms with Gasteiger partial charge < -0.3 is 0 Å². The molecule has 0 N–H and O–H groups in total. The summed E-state index contributed by atoms with van der Waals surface area (Å²) in [5, 5.41) is 0.676. The molecule has 0 bridgehead atoms. The summed E-state index contributed by atoms with van der Waals surface area (Å²) < 4.78 is 0. The first-order valence-corrected chi connectivity index (χ1v) is 6.55. The molecule has 0 radical (unpaired) electrons. The second-order valence-corrected chi connectivity index (χ2v) is 4.79. The van der Waals surface area contributed by atoms with E-state index in [2.05, 4.69) is 22.9 Å². The fraction of sp³-hybridized carbons (Fsp3) is 0.615. The van der Waals surface area contributed by atoms with Gasteiger partial charge in [0.1, 0.15) is 5.15 Å². The van der Waals surface area contributed by atoms with E-state index in [1.54, 1.807) is 6.20 Å². The zero-order valence-electron chi connectivity index (χ0n) is 9.82.